The van der Waals surface area contributed by atoms with Gasteiger partial charge in [0.1, 0.15) is 0 Å². The van der Waals surface area contributed by atoms with Crippen LogP contribution in [0, 0.1) is 0 Å². The van der Waals surface area contributed by atoms with E-state index in [-0.39, 0.29) is 11.9 Å². The van der Waals surface area contributed by atoms with Crippen LogP contribution in [0.15, 0.2) is 76.8 Å². The Hall–Kier alpha value is -3.00. The lowest BCUT2D eigenvalue weighted by Gasteiger charge is -2.34. The average Bonchev–Trinajstić information content (AvgIpc) is 3.19. The Balaban J connectivity index is 1.33. The maximum atomic E-state index is 12.5. The van der Waals surface area contributed by atoms with Crippen molar-refractivity contribution in [2.24, 2.45) is 4.99 Å². The van der Waals surface area contributed by atoms with E-state index in [1.54, 1.807) is 6.20 Å². The molecule has 0 spiro atoms. The minimum Gasteiger partial charge on any atom is -0.379 e. The molecular weight excluding hydrogens is 420 g/mol. The van der Waals surface area contributed by atoms with Gasteiger partial charge >= 0.3 is 0 Å². The molecule has 32 heavy (non-hydrogen) atoms. The highest BCUT2D eigenvalue weighted by Crippen LogP contribution is 2.28. The van der Waals surface area contributed by atoms with E-state index in [1.165, 1.54) is 17.3 Å². The molecule has 5 rings (SSSR count). The Labute approximate surface area is 191 Å². The van der Waals surface area contributed by atoms with Crippen LogP contribution in [0.25, 0.3) is 17.0 Å². The summed E-state index contributed by atoms with van der Waals surface area (Å²) in [4.78, 5) is 24.7. The number of rotatable bonds is 5. The second kappa shape index (κ2) is 9.65. The molecule has 2 saturated heterocycles. The number of fused-ring (bicyclic) bond motifs is 1. The summed E-state index contributed by atoms with van der Waals surface area (Å²) in [6, 6.07) is 20.5. The van der Waals surface area contributed by atoms with Crippen LogP contribution in [0.1, 0.15) is 17.2 Å². The van der Waals surface area contributed by atoms with Crippen molar-refractivity contribution in [2.75, 3.05) is 32.8 Å². The van der Waals surface area contributed by atoms with E-state index >= 15 is 0 Å². The van der Waals surface area contributed by atoms with Gasteiger partial charge < -0.3 is 10.1 Å². The van der Waals surface area contributed by atoms with Gasteiger partial charge in [-0.05, 0) is 47.2 Å². The van der Waals surface area contributed by atoms with Gasteiger partial charge in [0, 0.05) is 24.7 Å². The summed E-state index contributed by atoms with van der Waals surface area (Å²) in [6.45, 7) is 3.82. The number of carbonyl (C=O) groups excluding carboxylic acids is 1. The molecule has 2 aromatic carbocycles. The Morgan fingerprint density at radius 2 is 1.97 bits per heavy atom. The van der Waals surface area contributed by atoms with Gasteiger partial charge in [0.05, 0.1) is 36.2 Å². The molecule has 3 heterocycles. The highest BCUT2D eigenvalue weighted by atomic mass is 32.2. The zero-order chi connectivity index (χ0) is 21.8. The summed E-state index contributed by atoms with van der Waals surface area (Å²) in [6.07, 6.45) is 3.69. The summed E-state index contributed by atoms with van der Waals surface area (Å²) >= 11 is 1.39. The third-order valence-electron chi connectivity index (χ3n) is 5.65. The van der Waals surface area contributed by atoms with Gasteiger partial charge in [-0.3, -0.25) is 19.7 Å². The first-order valence-corrected chi connectivity index (χ1v) is 11.5. The van der Waals surface area contributed by atoms with Crippen molar-refractivity contribution >= 4 is 39.8 Å². The van der Waals surface area contributed by atoms with Crippen LogP contribution in [0.2, 0.25) is 0 Å². The lowest BCUT2D eigenvalue weighted by molar-refractivity contribution is -0.115. The maximum absolute atomic E-state index is 12.5. The topological polar surface area (TPSA) is 66.8 Å². The highest BCUT2D eigenvalue weighted by Gasteiger charge is 2.26. The summed E-state index contributed by atoms with van der Waals surface area (Å²) in [5.41, 5.74) is 3.14. The van der Waals surface area contributed by atoms with Crippen LogP contribution in [0.3, 0.4) is 0 Å². The van der Waals surface area contributed by atoms with Crippen LogP contribution < -0.4 is 5.32 Å². The molecule has 0 saturated carbocycles. The molecule has 1 unspecified atom stereocenters. The molecule has 1 amide bonds. The lowest BCUT2D eigenvalue weighted by atomic mass is 10.1. The molecule has 2 aliphatic rings. The summed E-state index contributed by atoms with van der Waals surface area (Å²) in [5.74, 6) is -0.109. The van der Waals surface area contributed by atoms with Crippen LogP contribution in [0.4, 0.5) is 0 Å². The molecule has 1 aromatic heterocycles. The number of thioether (sulfide) groups is 1. The molecule has 7 heteroatoms. The normalized spacial score (nSPS) is 20.7. The van der Waals surface area contributed by atoms with Crippen LogP contribution in [-0.4, -0.2) is 53.8 Å². The van der Waals surface area contributed by atoms with E-state index in [0.717, 1.165) is 42.8 Å². The second-order valence-electron chi connectivity index (χ2n) is 7.74. The Morgan fingerprint density at radius 1 is 1.12 bits per heavy atom. The molecule has 0 bridgehead atoms. The van der Waals surface area contributed by atoms with Gasteiger partial charge in [-0.2, -0.15) is 0 Å². The fourth-order valence-electron chi connectivity index (χ4n) is 4.00. The van der Waals surface area contributed by atoms with Crippen molar-refractivity contribution in [2.45, 2.75) is 6.04 Å². The number of amidine groups is 1. The minimum atomic E-state index is -0.109. The third-order valence-corrected chi connectivity index (χ3v) is 6.60. The number of pyridine rings is 1. The van der Waals surface area contributed by atoms with Gasteiger partial charge in [-0.25, -0.2) is 0 Å². The zero-order valence-corrected chi connectivity index (χ0v) is 18.4. The fourth-order valence-corrected chi connectivity index (χ4v) is 4.83. The molecule has 0 radical (unpaired) electrons. The molecule has 6 nitrogen and oxygen atoms in total. The molecule has 0 aliphatic carbocycles. The van der Waals surface area contributed by atoms with E-state index in [4.69, 9.17) is 9.73 Å². The number of amides is 1. The smallest absolute Gasteiger partial charge is 0.264 e. The van der Waals surface area contributed by atoms with Crippen molar-refractivity contribution in [3.63, 3.8) is 0 Å². The van der Waals surface area contributed by atoms with Crippen molar-refractivity contribution in [3.8, 4) is 0 Å². The van der Waals surface area contributed by atoms with Crippen molar-refractivity contribution in [1.29, 1.82) is 0 Å². The molecule has 1 N–H and O–H groups in total. The van der Waals surface area contributed by atoms with Gasteiger partial charge in [-0.1, -0.05) is 42.5 Å². The number of benzene rings is 2. The monoisotopic (exact) mass is 444 g/mol. The summed E-state index contributed by atoms with van der Waals surface area (Å²) < 4.78 is 5.53. The molecule has 2 fully saturated rings. The van der Waals surface area contributed by atoms with E-state index in [1.807, 2.05) is 42.5 Å². The molecule has 3 aromatic rings. The summed E-state index contributed by atoms with van der Waals surface area (Å²) in [7, 11) is 0. The zero-order valence-electron chi connectivity index (χ0n) is 17.6. The Bertz CT molecular complexity index is 1170. The molecule has 162 valence electrons. The van der Waals surface area contributed by atoms with E-state index in [0.29, 0.717) is 16.6 Å². The molecule has 2 aliphatic heterocycles. The summed E-state index contributed by atoms with van der Waals surface area (Å²) in [5, 5.41) is 4.62. The number of carbonyl (C=O) groups is 1. The van der Waals surface area contributed by atoms with Gasteiger partial charge in [0.2, 0.25) is 0 Å². The Kier molecular flexibility index (Phi) is 6.29. The van der Waals surface area contributed by atoms with E-state index in [2.05, 4.69) is 39.5 Å². The lowest BCUT2D eigenvalue weighted by Crippen LogP contribution is -2.40. The number of ether oxygens (including phenoxy) is 1. The predicted molar refractivity (Wildman–Crippen MR) is 129 cm³/mol. The average molecular weight is 445 g/mol. The number of aliphatic imine (C=N–C) groups is 1. The SMILES string of the molecule is O=C1NC(=NCC(c2ccccc2)N2CCOCC2)SC1=Cc1ccc2ncccc2c1. The van der Waals surface area contributed by atoms with Crippen molar-refractivity contribution in [3.05, 3.63) is 82.9 Å². The number of nitrogens with one attached hydrogen (secondary N) is 1. The molecule has 1 atom stereocenters. The first-order chi connectivity index (χ1) is 15.8. The highest BCUT2D eigenvalue weighted by molar-refractivity contribution is 8.18. The van der Waals surface area contributed by atoms with E-state index < -0.39 is 0 Å². The fraction of sp³-hybridized carbons (Fsp3) is 0.240. The quantitative estimate of drug-likeness (QED) is 0.605. The predicted octanol–water partition coefficient (Wildman–Crippen LogP) is 3.87. The largest absolute Gasteiger partial charge is 0.379 e. The molecular formula is C25H24N4O2S. The number of morpholine rings is 1. The number of hydrogen-bond acceptors (Lipinski definition) is 6. The second-order valence-corrected chi connectivity index (χ2v) is 8.77. The number of hydrogen-bond donors (Lipinski definition) is 1. The van der Waals surface area contributed by atoms with E-state index in [9.17, 15) is 4.79 Å². The Morgan fingerprint density at radius 3 is 2.81 bits per heavy atom. The van der Waals surface area contributed by atoms with Crippen LogP contribution in [0.5, 0.6) is 0 Å². The van der Waals surface area contributed by atoms with Crippen LogP contribution in [-0.2, 0) is 9.53 Å². The first kappa shape index (κ1) is 20.9. The van der Waals surface area contributed by atoms with Gasteiger partial charge in [-0.15, -0.1) is 0 Å². The van der Waals surface area contributed by atoms with Crippen LogP contribution >= 0.6 is 11.8 Å². The van der Waals surface area contributed by atoms with Gasteiger partial charge in [0.25, 0.3) is 5.91 Å². The number of nitrogens with zero attached hydrogens (tertiary/aromatic N) is 3. The van der Waals surface area contributed by atoms with Crippen molar-refractivity contribution in [1.82, 2.24) is 15.2 Å². The minimum absolute atomic E-state index is 0.109. The maximum Gasteiger partial charge on any atom is 0.264 e. The first-order valence-electron chi connectivity index (χ1n) is 10.7. The standard InChI is InChI=1S/C25H24N4O2S/c30-24-23(16-18-8-9-21-20(15-18)7-4-10-26-21)32-25(28-24)27-17-22(19-5-2-1-3-6-19)29-11-13-31-14-12-29/h1-10,15-16,22H,11-14,17H2,(H,27,28,30). The van der Waals surface area contributed by atoms with Gasteiger partial charge in [0.15, 0.2) is 5.17 Å². The van der Waals surface area contributed by atoms with Crippen molar-refractivity contribution < 1.29 is 9.53 Å². The number of aromatic nitrogens is 1. The third kappa shape index (κ3) is 4.75.